The lowest BCUT2D eigenvalue weighted by Gasteiger charge is -2.20. The van der Waals surface area contributed by atoms with Crippen molar-refractivity contribution in [2.45, 2.75) is 53.4 Å². The summed E-state index contributed by atoms with van der Waals surface area (Å²) in [5.74, 6) is 1.34. The predicted octanol–water partition coefficient (Wildman–Crippen LogP) is 4.26. The van der Waals surface area contributed by atoms with Crippen molar-refractivity contribution in [3.05, 3.63) is 28.3 Å². The van der Waals surface area contributed by atoms with Crippen LogP contribution >= 0.6 is 0 Å². The lowest BCUT2D eigenvalue weighted by molar-refractivity contribution is 0.457. The van der Waals surface area contributed by atoms with Gasteiger partial charge in [-0.1, -0.05) is 33.8 Å². The first-order chi connectivity index (χ1) is 6.86. The second-order valence-electron chi connectivity index (χ2n) is 4.98. The molecular formula is C14H22O. The number of benzene rings is 1. The van der Waals surface area contributed by atoms with E-state index in [0.717, 1.165) is 11.1 Å². The molecule has 0 atom stereocenters. The minimum absolute atomic E-state index is 0.377. The molecule has 0 radical (unpaired) electrons. The van der Waals surface area contributed by atoms with Gasteiger partial charge in [-0.05, 0) is 42.4 Å². The zero-order valence-electron chi connectivity index (χ0n) is 10.7. The Morgan fingerprint density at radius 1 is 1.00 bits per heavy atom. The van der Waals surface area contributed by atoms with Crippen LogP contribution < -0.4 is 0 Å². The largest absolute Gasteiger partial charge is 0.507 e. The highest BCUT2D eigenvalue weighted by molar-refractivity contribution is 5.51. The smallest absolute Gasteiger partial charge is 0.122 e. The van der Waals surface area contributed by atoms with Gasteiger partial charge in [-0.2, -0.15) is 0 Å². The fourth-order valence-electron chi connectivity index (χ4n) is 2.03. The Balaban J connectivity index is 3.51. The van der Waals surface area contributed by atoms with Crippen molar-refractivity contribution in [3.8, 4) is 5.75 Å². The van der Waals surface area contributed by atoms with Crippen LogP contribution in [0.1, 0.15) is 61.8 Å². The summed E-state index contributed by atoms with van der Waals surface area (Å²) in [6, 6.07) is 2.22. The maximum atomic E-state index is 10.2. The molecule has 0 aliphatic rings. The summed E-state index contributed by atoms with van der Waals surface area (Å²) >= 11 is 0. The molecule has 1 heteroatoms. The molecule has 0 aliphatic heterocycles. The van der Waals surface area contributed by atoms with E-state index in [1.807, 2.05) is 6.92 Å². The molecule has 0 saturated heterocycles. The van der Waals surface area contributed by atoms with Gasteiger partial charge in [0.2, 0.25) is 0 Å². The van der Waals surface area contributed by atoms with E-state index in [1.54, 1.807) is 0 Å². The van der Waals surface area contributed by atoms with Gasteiger partial charge >= 0.3 is 0 Å². The van der Waals surface area contributed by atoms with E-state index in [1.165, 1.54) is 11.1 Å². The van der Waals surface area contributed by atoms with E-state index in [9.17, 15) is 5.11 Å². The molecule has 15 heavy (non-hydrogen) atoms. The first-order valence-electron chi connectivity index (χ1n) is 5.69. The van der Waals surface area contributed by atoms with Gasteiger partial charge in [-0.15, -0.1) is 0 Å². The zero-order chi connectivity index (χ0) is 11.7. The highest BCUT2D eigenvalue weighted by Gasteiger charge is 2.17. The summed E-state index contributed by atoms with van der Waals surface area (Å²) in [4.78, 5) is 0. The fourth-order valence-corrected chi connectivity index (χ4v) is 2.03. The van der Waals surface area contributed by atoms with Crippen LogP contribution in [0.5, 0.6) is 5.75 Å². The van der Waals surface area contributed by atoms with Crippen LogP contribution in [0.3, 0.4) is 0 Å². The number of phenols is 1. The van der Waals surface area contributed by atoms with Crippen molar-refractivity contribution in [3.63, 3.8) is 0 Å². The first kappa shape index (κ1) is 12.1. The molecule has 0 amide bonds. The van der Waals surface area contributed by atoms with E-state index < -0.39 is 0 Å². The second-order valence-corrected chi connectivity index (χ2v) is 4.98. The van der Waals surface area contributed by atoms with Crippen LogP contribution in [0.15, 0.2) is 6.07 Å². The highest BCUT2D eigenvalue weighted by Crippen LogP contribution is 2.37. The van der Waals surface area contributed by atoms with Gasteiger partial charge < -0.3 is 5.11 Å². The minimum atomic E-state index is 0.377. The molecule has 0 saturated carbocycles. The second kappa shape index (κ2) is 4.26. The number of aryl methyl sites for hydroxylation is 1. The lowest BCUT2D eigenvalue weighted by Crippen LogP contribution is -2.02. The zero-order valence-corrected chi connectivity index (χ0v) is 10.7. The first-order valence-corrected chi connectivity index (χ1v) is 5.69. The lowest BCUT2D eigenvalue weighted by atomic mass is 9.86. The molecule has 0 bridgehead atoms. The topological polar surface area (TPSA) is 20.2 Å². The minimum Gasteiger partial charge on any atom is -0.507 e. The number of rotatable bonds is 2. The summed E-state index contributed by atoms with van der Waals surface area (Å²) in [5.41, 5.74) is 4.60. The molecule has 0 heterocycles. The number of hydrogen-bond donors (Lipinski definition) is 1. The Morgan fingerprint density at radius 2 is 1.53 bits per heavy atom. The van der Waals surface area contributed by atoms with E-state index in [2.05, 4.69) is 40.7 Å². The van der Waals surface area contributed by atoms with Gasteiger partial charge in [0, 0.05) is 5.56 Å². The Kier molecular flexibility index (Phi) is 3.43. The average molecular weight is 206 g/mol. The van der Waals surface area contributed by atoms with E-state index >= 15 is 0 Å². The van der Waals surface area contributed by atoms with Gasteiger partial charge in [0.15, 0.2) is 0 Å². The predicted molar refractivity (Wildman–Crippen MR) is 65.8 cm³/mol. The van der Waals surface area contributed by atoms with Crippen LogP contribution in [0.4, 0.5) is 0 Å². The van der Waals surface area contributed by atoms with Gasteiger partial charge in [0.1, 0.15) is 5.75 Å². The van der Waals surface area contributed by atoms with Crippen molar-refractivity contribution in [2.75, 3.05) is 0 Å². The van der Waals surface area contributed by atoms with E-state index in [0.29, 0.717) is 17.6 Å². The van der Waals surface area contributed by atoms with Crippen molar-refractivity contribution < 1.29 is 5.11 Å². The van der Waals surface area contributed by atoms with E-state index in [4.69, 9.17) is 0 Å². The summed E-state index contributed by atoms with van der Waals surface area (Å²) in [5, 5.41) is 10.2. The molecule has 0 aliphatic carbocycles. The third-order valence-electron chi connectivity index (χ3n) is 3.08. The van der Waals surface area contributed by atoms with E-state index in [-0.39, 0.29) is 0 Å². The molecule has 84 valence electrons. The summed E-state index contributed by atoms with van der Waals surface area (Å²) in [6.07, 6.45) is 0. The van der Waals surface area contributed by atoms with Crippen molar-refractivity contribution >= 4 is 0 Å². The van der Waals surface area contributed by atoms with Crippen molar-refractivity contribution in [2.24, 2.45) is 0 Å². The molecule has 1 aromatic carbocycles. The molecule has 0 fully saturated rings. The van der Waals surface area contributed by atoms with Gasteiger partial charge in [0.25, 0.3) is 0 Å². The summed E-state index contributed by atoms with van der Waals surface area (Å²) in [6.45, 7) is 12.7. The number of hydrogen-bond acceptors (Lipinski definition) is 1. The molecule has 0 aromatic heterocycles. The van der Waals surface area contributed by atoms with Crippen molar-refractivity contribution in [1.29, 1.82) is 0 Å². The van der Waals surface area contributed by atoms with Gasteiger partial charge in [-0.3, -0.25) is 0 Å². The third-order valence-corrected chi connectivity index (χ3v) is 3.08. The fraction of sp³-hybridized carbons (Fsp3) is 0.571. The summed E-state index contributed by atoms with van der Waals surface area (Å²) in [7, 11) is 0. The number of phenolic OH excluding ortho intramolecular Hbond substituents is 1. The average Bonchev–Trinajstić information content (AvgIpc) is 2.12. The molecule has 0 spiro atoms. The van der Waals surface area contributed by atoms with Gasteiger partial charge in [-0.25, -0.2) is 0 Å². The SMILES string of the molecule is Cc1cc(C(C)C)c(C(C)C)c(O)c1C. The molecule has 0 unspecified atom stereocenters. The third kappa shape index (κ3) is 2.17. The quantitative estimate of drug-likeness (QED) is 0.766. The van der Waals surface area contributed by atoms with Crippen LogP contribution in [0.25, 0.3) is 0 Å². The molecule has 1 N–H and O–H groups in total. The molecule has 1 rings (SSSR count). The Morgan fingerprint density at radius 3 is 1.93 bits per heavy atom. The maximum Gasteiger partial charge on any atom is 0.122 e. The Bertz CT molecular complexity index is 362. The highest BCUT2D eigenvalue weighted by atomic mass is 16.3. The van der Waals surface area contributed by atoms with Crippen LogP contribution in [0.2, 0.25) is 0 Å². The molecular weight excluding hydrogens is 184 g/mol. The monoisotopic (exact) mass is 206 g/mol. The van der Waals surface area contributed by atoms with Crippen LogP contribution in [-0.2, 0) is 0 Å². The normalized spacial score (nSPS) is 11.5. The van der Waals surface area contributed by atoms with Gasteiger partial charge in [0.05, 0.1) is 0 Å². The Hall–Kier alpha value is -0.980. The molecule has 1 nitrogen and oxygen atoms in total. The number of aromatic hydroxyl groups is 1. The van der Waals surface area contributed by atoms with Crippen LogP contribution in [0, 0.1) is 13.8 Å². The standard InChI is InChI=1S/C14H22O/c1-8(2)12-7-10(5)11(6)14(15)13(12)9(3)4/h7-9,15H,1-6H3. The molecule has 1 aromatic rings. The van der Waals surface area contributed by atoms with Crippen LogP contribution in [-0.4, -0.2) is 5.11 Å². The van der Waals surface area contributed by atoms with Crippen molar-refractivity contribution in [1.82, 2.24) is 0 Å². The Labute approximate surface area is 93.1 Å². The maximum absolute atomic E-state index is 10.2. The summed E-state index contributed by atoms with van der Waals surface area (Å²) < 4.78 is 0.